The molecule has 0 bridgehead atoms. The summed E-state index contributed by atoms with van der Waals surface area (Å²) in [5, 5.41) is 13.3. The van der Waals surface area contributed by atoms with Crippen LogP contribution in [0.2, 0.25) is 0 Å². The maximum atomic E-state index is 12.7. The Hall–Kier alpha value is -1.83. The summed E-state index contributed by atoms with van der Waals surface area (Å²) in [6.07, 6.45) is -1.37. The molecule has 116 valence electrons. The molecule has 0 aliphatic heterocycles. The quantitative estimate of drug-likeness (QED) is 0.920. The molecule has 5 nitrogen and oxygen atoms in total. The molecule has 21 heavy (non-hydrogen) atoms. The SMILES string of the molecule is CC(C)c1cc2c(N(CCO)CC(F)(F)F)nccn2n1. The van der Waals surface area contributed by atoms with Gasteiger partial charge in [-0.3, -0.25) is 0 Å². The van der Waals surface area contributed by atoms with Crippen molar-refractivity contribution in [2.75, 3.05) is 24.6 Å². The van der Waals surface area contributed by atoms with Crippen LogP contribution in [0.4, 0.5) is 19.0 Å². The zero-order valence-corrected chi connectivity index (χ0v) is 11.8. The minimum Gasteiger partial charge on any atom is -0.395 e. The third-order valence-corrected chi connectivity index (χ3v) is 3.02. The van der Waals surface area contributed by atoms with Gasteiger partial charge in [0.2, 0.25) is 0 Å². The van der Waals surface area contributed by atoms with Gasteiger partial charge in [-0.1, -0.05) is 13.8 Å². The van der Waals surface area contributed by atoms with Crippen LogP contribution in [0.1, 0.15) is 25.5 Å². The Bertz CT molecular complexity index is 609. The summed E-state index contributed by atoms with van der Waals surface area (Å²) < 4.78 is 39.5. The van der Waals surface area contributed by atoms with Crippen molar-refractivity contribution in [3.8, 4) is 0 Å². The second-order valence-electron chi connectivity index (χ2n) is 5.06. The first-order chi connectivity index (χ1) is 9.81. The normalized spacial score (nSPS) is 12.3. The molecule has 0 spiro atoms. The van der Waals surface area contributed by atoms with Crippen molar-refractivity contribution in [1.82, 2.24) is 14.6 Å². The van der Waals surface area contributed by atoms with Gasteiger partial charge < -0.3 is 10.0 Å². The van der Waals surface area contributed by atoms with Crippen LogP contribution in [0.15, 0.2) is 18.5 Å². The van der Waals surface area contributed by atoms with E-state index < -0.39 is 12.7 Å². The Morgan fingerprint density at radius 1 is 1.38 bits per heavy atom. The van der Waals surface area contributed by atoms with Gasteiger partial charge in [0.1, 0.15) is 12.1 Å². The maximum Gasteiger partial charge on any atom is 0.405 e. The number of aromatic nitrogens is 3. The van der Waals surface area contributed by atoms with Crippen LogP contribution in [0, 0.1) is 0 Å². The largest absolute Gasteiger partial charge is 0.405 e. The molecule has 2 aromatic rings. The molecule has 0 saturated heterocycles. The van der Waals surface area contributed by atoms with E-state index in [-0.39, 0.29) is 24.9 Å². The van der Waals surface area contributed by atoms with Gasteiger partial charge in [0.15, 0.2) is 5.82 Å². The summed E-state index contributed by atoms with van der Waals surface area (Å²) in [6.45, 7) is 2.22. The molecule has 0 aliphatic carbocycles. The highest BCUT2D eigenvalue weighted by atomic mass is 19.4. The van der Waals surface area contributed by atoms with E-state index in [9.17, 15) is 13.2 Å². The zero-order chi connectivity index (χ0) is 15.6. The lowest BCUT2D eigenvalue weighted by Gasteiger charge is -2.24. The maximum absolute atomic E-state index is 12.7. The van der Waals surface area contributed by atoms with Gasteiger partial charge >= 0.3 is 6.18 Å². The van der Waals surface area contributed by atoms with Crippen molar-refractivity contribution in [2.45, 2.75) is 25.9 Å². The fraction of sp³-hybridized carbons (Fsp3) is 0.538. The second-order valence-corrected chi connectivity index (χ2v) is 5.06. The summed E-state index contributed by atoms with van der Waals surface area (Å²) in [4.78, 5) is 5.05. The molecule has 0 aliphatic rings. The molecule has 0 radical (unpaired) electrons. The van der Waals surface area contributed by atoms with E-state index in [0.29, 0.717) is 5.52 Å². The number of alkyl halides is 3. The van der Waals surface area contributed by atoms with E-state index in [1.807, 2.05) is 13.8 Å². The molecule has 0 atom stereocenters. The number of anilines is 1. The van der Waals surface area contributed by atoms with Crippen LogP contribution in [0.25, 0.3) is 5.52 Å². The molecular formula is C13H17F3N4O. The van der Waals surface area contributed by atoms with Gasteiger partial charge in [0, 0.05) is 18.9 Å². The van der Waals surface area contributed by atoms with E-state index in [1.54, 1.807) is 12.3 Å². The van der Waals surface area contributed by atoms with Crippen molar-refractivity contribution < 1.29 is 18.3 Å². The average molecular weight is 302 g/mol. The highest BCUT2D eigenvalue weighted by molar-refractivity contribution is 5.69. The second kappa shape index (κ2) is 5.88. The number of rotatable bonds is 5. The van der Waals surface area contributed by atoms with Crippen molar-refractivity contribution in [2.24, 2.45) is 0 Å². The standard InChI is InChI=1S/C13H17F3N4O/c1-9(2)10-7-11-12(17-3-4-20(11)18-10)19(5-6-21)8-13(14,15)16/h3-4,7,9,21H,5-6,8H2,1-2H3. The Morgan fingerprint density at radius 2 is 2.10 bits per heavy atom. The summed E-state index contributed by atoms with van der Waals surface area (Å²) >= 11 is 0. The molecule has 0 aromatic carbocycles. The van der Waals surface area contributed by atoms with Crippen molar-refractivity contribution >= 4 is 11.3 Å². The van der Waals surface area contributed by atoms with Gasteiger partial charge in [-0.2, -0.15) is 18.3 Å². The summed E-state index contributed by atoms with van der Waals surface area (Å²) in [5.74, 6) is 0.329. The van der Waals surface area contributed by atoms with Crippen LogP contribution >= 0.6 is 0 Å². The van der Waals surface area contributed by atoms with Crippen molar-refractivity contribution in [3.63, 3.8) is 0 Å². The van der Waals surface area contributed by atoms with Gasteiger partial charge in [-0.05, 0) is 12.0 Å². The fourth-order valence-electron chi connectivity index (χ4n) is 2.05. The summed E-state index contributed by atoms with van der Waals surface area (Å²) in [7, 11) is 0. The number of hydrogen-bond donors (Lipinski definition) is 1. The Labute approximate surface area is 120 Å². The number of halogens is 3. The predicted octanol–water partition coefficient (Wildman–Crippen LogP) is 2.21. The average Bonchev–Trinajstić information content (AvgIpc) is 2.80. The number of nitrogens with zero attached hydrogens (tertiary/aromatic N) is 4. The van der Waals surface area contributed by atoms with Crippen LogP contribution in [0.3, 0.4) is 0 Å². The van der Waals surface area contributed by atoms with E-state index in [2.05, 4.69) is 10.1 Å². The molecule has 0 fully saturated rings. The Morgan fingerprint density at radius 3 is 2.67 bits per heavy atom. The van der Waals surface area contributed by atoms with E-state index in [0.717, 1.165) is 10.6 Å². The molecule has 0 saturated carbocycles. The van der Waals surface area contributed by atoms with Crippen LogP contribution in [-0.2, 0) is 0 Å². The van der Waals surface area contributed by atoms with Crippen LogP contribution in [0.5, 0.6) is 0 Å². The number of aliphatic hydroxyl groups is 1. The molecule has 8 heteroatoms. The first kappa shape index (κ1) is 15.6. The summed E-state index contributed by atoms with van der Waals surface area (Å²) in [6, 6.07) is 1.73. The predicted molar refractivity (Wildman–Crippen MR) is 72.4 cm³/mol. The molecule has 0 unspecified atom stereocenters. The van der Waals surface area contributed by atoms with Gasteiger partial charge in [0.25, 0.3) is 0 Å². The number of aliphatic hydroxyl groups excluding tert-OH is 1. The minimum atomic E-state index is -4.37. The molecule has 2 heterocycles. The highest BCUT2D eigenvalue weighted by Crippen LogP contribution is 2.25. The topological polar surface area (TPSA) is 53.7 Å². The molecule has 1 N–H and O–H groups in total. The first-order valence-electron chi connectivity index (χ1n) is 6.58. The van der Waals surface area contributed by atoms with E-state index >= 15 is 0 Å². The van der Waals surface area contributed by atoms with Crippen LogP contribution in [-0.4, -0.2) is 45.6 Å². The number of fused-ring (bicyclic) bond motifs is 1. The van der Waals surface area contributed by atoms with Crippen LogP contribution < -0.4 is 4.90 Å². The van der Waals surface area contributed by atoms with Crippen molar-refractivity contribution in [3.05, 3.63) is 24.2 Å². The molecule has 2 rings (SSSR count). The highest BCUT2D eigenvalue weighted by Gasteiger charge is 2.32. The lowest BCUT2D eigenvalue weighted by Crippen LogP contribution is -2.37. The third-order valence-electron chi connectivity index (χ3n) is 3.02. The smallest absolute Gasteiger partial charge is 0.395 e. The number of hydrogen-bond acceptors (Lipinski definition) is 4. The van der Waals surface area contributed by atoms with E-state index in [4.69, 9.17) is 5.11 Å². The fourth-order valence-corrected chi connectivity index (χ4v) is 2.05. The Kier molecular flexibility index (Phi) is 4.36. The van der Waals surface area contributed by atoms with Gasteiger partial charge in [0.05, 0.1) is 12.3 Å². The van der Waals surface area contributed by atoms with Crippen molar-refractivity contribution in [1.29, 1.82) is 0 Å². The Balaban J connectivity index is 2.46. The van der Waals surface area contributed by atoms with Gasteiger partial charge in [-0.15, -0.1) is 0 Å². The monoisotopic (exact) mass is 302 g/mol. The molecular weight excluding hydrogens is 285 g/mol. The summed E-state index contributed by atoms with van der Waals surface area (Å²) in [5.41, 5.74) is 1.28. The molecule has 0 amide bonds. The lowest BCUT2D eigenvalue weighted by molar-refractivity contribution is -0.119. The molecule has 2 aromatic heterocycles. The lowest BCUT2D eigenvalue weighted by atomic mass is 10.1. The van der Waals surface area contributed by atoms with Gasteiger partial charge in [-0.25, -0.2) is 9.50 Å². The third kappa shape index (κ3) is 3.63. The minimum absolute atomic E-state index is 0.144. The zero-order valence-electron chi connectivity index (χ0n) is 11.8. The van der Waals surface area contributed by atoms with E-state index in [1.165, 1.54) is 10.7 Å². The first-order valence-corrected chi connectivity index (χ1v) is 6.58.